The molecule has 118 valence electrons. The highest BCUT2D eigenvalue weighted by Gasteiger charge is 2.22. The molecule has 8 nitrogen and oxygen atoms in total. The molecule has 2 rings (SSSR count). The standard InChI is InChI=1S/C12H11FN2O6S/c1-22(20,21)6-7-4-11(16)14(12(7)17)10-5-8(15(18)19)2-3-9(10)13/h2-5,16-17H,6H2,1H3. The Morgan fingerprint density at radius 3 is 2.50 bits per heavy atom. The number of rotatable bonds is 4. The third-order valence-corrected chi connectivity index (χ3v) is 3.67. The molecular formula is C12H11FN2O6S. The number of nitrogens with zero attached hydrogens (tertiary/aromatic N) is 2. The summed E-state index contributed by atoms with van der Waals surface area (Å²) in [5, 5.41) is 30.5. The second-order valence-corrected chi connectivity index (χ2v) is 6.79. The van der Waals surface area contributed by atoms with Crippen molar-refractivity contribution in [3.63, 3.8) is 0 Å². The molecule has 22 heavy (non-hydrogen) atoms. The van der Waals surface area contributed by atoms with Crippen LogP contribution in [0, 0.1) is 15.9 Å². The average molecular weight is 330 g/mol. The van der Waals surface area contributed by atoms with Crippen molar-refractivity contribution in [1.29, 1.82) is 0 Å². The van der Waals surface area contributed by atoms with E-state index in [4.69, 9.17) is 0 Å². The molecule has 2 N–H and O–H groups in total. The van der Waals surface area contributed by atoms with Crippen LogP contribution >= 0.6 is 0 Å². The second-order valence-electron chi connectivity index (χ2n) is 4.65. The Bertz CT molecular complexity index is 859. The quantitative estimate of drug-likeness (QED) is 0.646. The molecule has 1 aromatic heterocycles. The summed E-state index contributed by atoms with van der Waals surface area (Å²) in [6.45, 7) is 0. The Labute approximate surface area is 124 Å². The first-order valence-electron chi connectivity index (χ1n) is 5.84. The number of hydrogen-bond acceptors (Lipinski definition) is 6. The molecule has 0 aliphatic heterocycles. The molecule has 0 aliphatic rings. The zero-order valence-electron chi connectivity index (χ0n) is 11.2. The number of sulfone groups is 1. The van der Waals surface area contributed by atoms with Gasteiger partial charge in [0.25, 0.3) is 5.69 Å². The van der Waals surface area contributed by atoms with Gasteiger partial charge < -0.3 is 10.2 Å². The number of aromatic nitrogens is 1. The van der Waals surface area contributed by atoms with Crippen molar-refractivity contribution in [1.82, 2.24) is 4.57 Å². The van der Waals surface area contributed by atoms with E-state index >= 15 is 0 Å². The van der Waals surface area contributed by atoms with Crippen LogP contribution in [0.25, 0.3) is 5.69 Å². The second kappa shape index (κ2) is 5.30. The predicted octanol–water partition coefficient (Wildman–Crippen LogP) is 1.48. The van der Waals surface area contributed by atoms with Crippen LogP contribution in [0.4, 0.5) is 10.1 Å². The minimum Gasteiger partial charge on any atom is -0.494 e. The van der Waals surface area contributed by atoms with E-state index in [1.807, 2.05) is 0 Å². The van der Waals surface area contributed by atoms with Gasteiger partial charge in [0.15, 0.2) is 15.7 Å². The molecule has 1 heterocycles. The van der Waals surface area contributed by atoms with Gasteiger partial charge >= 0.3 is 0 Å². The first-order valence-corrected chi connectivity index (χ1v) is 7.91. The molecule has 0 unspecified atom stereocenters. The molecule has 0 atom stereocenters. The normalized spacial score (nSPS) is 11.5. The van der Waals surface area contributed by atoms with E-state index in [2.05, 4.69) is 0 Å². The van der Waals surface area contributed by atoms with E-state index in [-0.39, 0.29) is 5.56 Å². The highest BCUT2D eigenvalue weighted by molar-refractivity contribution is 7.89. The summed E-state index contributed by atoms with van der Waals surface area (Å²) < 4.78 is 37.0. The van der Waals surface area contributed by atoms with Crippen LogP contribution in [0.5, 0.6) is 11.8 Å². The van der Waals surface area contributed by atoms with Crippen LogP contribution in [-0.2, 0) is 15.6 Å². The van der Waals surface area contributed by atoms with Gasteiger partial charge in [-0.1, -0.05) is 0 Å². The molecule has 0 radical (unpaired) electrons. The Kier molecular flexibility index (Phi) is 3.79. The maximum Gasteiger partial charge on any atom is 0.271 e. The number of benzene rings is 1. The number of nitro groups is 1. The van der Waals surface area contributed by atoms with Gasteiger partial charge in [-0.05, 0) is 6.07 Å². The highest BCUT2D eigenvalue weighted by Crippen LogP contribution is 2.34. The van der Waals surface area contributed by atoms with Gasteiger partial charge in [-0.3, -0.25) is 10.1 Å². The van der Waals surface area contributed by atoms with Crippen molar-refractivity contribution in [3.05, 3.63) is 45.8 Å². The molecule has 1 aromatic carbocycles. The van der Waals surface area contributed by atoms with Gasteiger partial charge in [0, 0.05) is 30.0 Å². The smallest absolute Gasteiger partial charge is 0.271 e. The molecular weight excluding hydrogens is 319 g/mol. The van der Waals surface area contributed by atoms with Gasteiger partial charge in [-0.25, -0.2) is 17.4 Å². The van der Waals surface area contributed by atoms with Crippen LogP contribution in [-0.4, -0.2) is 34.4 Å². The van der Waals surface area contributed by atoms with Gasteiger partial charge in [0.1, 0.15) is 5.82 Å². The Balaban J connectivity index is 2.63. The molecule has 0 bridgehead atoms. The topological polar surface area (TPSA) is 123 Å². The summed E-state index contributed by atoms with van der Waals surface area (Å²) in [7, 11) is -3.50. The van der Waals surface area contributed by atoms with E-state index in [1.165, 1.54) is 0 Å². The summed E-state index contributed by atoms with van der Waals surface area (Å²) in [4.78, 5) is 9.96. The molecule has 10 heteroatoms. The minimum absolute atomic E-state index is 0.147. The van der Waals surface area contributed by atoms with Crippen LogP contribution < -0.4 is 0 Å². The fraction of sp³-hybridized carbons (Fsp3) is 0.167. The summed E-state index contributed by atoms with van der Waals surface area (Å²) in [6, 6.07) is 3.50. The summed E-state index contributed by atoms with van der Waals surface area (Å²) >= 11 is 0. The SMILES string of the molecule is CS(=O)(=O)Cc1cc(O)n(-c2cc([N+](=O)[O-])ccc2F)c1O. The van der Waals surface area contributed by atoms with E-state index in [0.29, 0.717) is 4.57 Å². The molecule has 0 amide bonds. The van der Waals surface area contributed by atoms with Crippen molar-refractivity contribution in [2.75, 3.05) is 6.26 Å². The van der Waals surface area contributed by atoms with Gasteiger partial charge in [0.05, 0.1) is 16.4 Å². The Hall–Kier alpha value is -2.62. The number of aromatic hydroxyl groups is 2. The fourth-order valence-corrected chi connectivity index (χ4v) is 2.73. The van der Waals surface area contributed by atoms with Crippen molar-refractivity contribution in [2.45, 2.75) is 5.75 Å². The largest absolute Gasteiger partial charge is 0.494 e. The number of hydrogen-bond donors (Lipinski definition) is 2. The monoisotopic (exact) mass is 330 g/mol. The molecule has 0 spiro atoms. The van der Waals surface area contributed by atoms with Crippen LogP contribution in [0.2, 0.25) is 0 Å². The highest BCUT2D eigenvalue weighted by atomic mass is 32.2. The summed E-state index contributed by atoms with van der Waals surface area (Å²) in [6.07, 6.45) is 0.925. The van der Waals surface area contributed by atoms with E-state index in [9.17, 15) is 33.1 Å². The molecule has 0 fully saturated rings. The van der Waals surface area contributed by atoms with Gasteiger partial charge in [-0.2, -0.15) is 0 Å². The molecule has 0 saturated carbocycles. The third-order valence-electron chi connectivity index (χ3n) is 2.83. The lowest BCUT2D eigenvalue weighted by Gasteiger charge is -2.08. The number of halogens is 1. The zero-order valence-corrected chi connectivity index (χ0v) is 12.0. The third kappa shape index (κ3) is 3.01. The van der Waals surface area contributed by atoms with Gasteiger partial charge in [0.2, 0.25) is 5.88 Å². The summed E-state index contributed by atoms with van der Waals surface area (Å²) in [5.74, 6) is -2.86. The van der Waals surface area contributed by atoms with Crippen molar-refractivity contribution in [2.24, 2.45) is 0 Å². The zero-order chi connectivity index (χ0) is 16.7. The van der Waals surface area contributed by atoms with E-state index in [0.717, 1.165) is 30.5 Å². The Morgan fingerprint density at radius 1 is 1.32 bits per heavy atom. The lowest BCUT2D eigenvalue weighted by atomic mass is 10.2. The minimum atomic E-state index is -3.50. The average Bonchev–Trinajstić information content (AvgIpc) is 2.63. The molecule has 0 aliphatic carbocycles. The maximum atomic E-state index is 13.8. The van der Waals surface area contributed by atoms with Crippen molar-refractivity contribution >= 4 is 15.5 Å². The first kappa shape index (κ1) is 15.8. The summed E-state index contributed by atoms with van der Waals surface area (Å²) in [5.41, 5.74) is -1.07. The molecule has 0 saturated heterocycles. The van der Waals surface area contributed by atoms with Crippen LogP contribution in [0.15, 0.2) is 24.3 Å². The van der Waals surface area contributed by atoms with Crippen LogP contribution in [0.3, 0.4) is 0 Å². The lowest BCUT2D eigenvalue weighted by Crippen LogP contribution is -2.02. The predicted molar refractivity (Wildman–Crippen MR) is 74.3 cm³/mol. The maximum absolute atomic E-state index is 13.8. The van der Waals surface area contributed by atoms with Crippen molar-refractivity contribution < 1.29 is 27.9 Å². The van der Waals surface area contributed by atoms with Crippen molar-refractivity contribution in [3.8, 4) is 17.4 Å². The van der Waals surface area contributed by atoms with E-state index in [1.54, 1.807) is 0 Å². The van der Waals surface area contributed by atoms with E-state index < -0.39 is 49.5 Å². The number of nitro benzene ring substituents is 1. The van der Waals surface area contributed by atoms with Crippen LogP contribution in [0.1, 0.15) is 5.56 Å². The first-order chi connectivity index (χ1) is 10.1. The van der Waals surface area contributed by atoms with Gasteiger partial charge in [-0.15, -0.1) is 0 Å². The Morgan fingerprint density at radius 2 is 1.95 bits per heavy atom. The molecule has 2 aromatic rings. The fourth-order valence-electron chi connectivity index (χ4n) is 1.95. The number of non-ortho nitro benzene ring substituents is 1. The lowest BCUT2D eigenvalue weighted by molar-refractivity contribution is -0.384.